The number of unbranched alkanes of at least 4 members (excludes halogenated alkanes) is 24. The molecule has 0 N–H and O–H groups in total. The van der Waals surface area contributed by atoms with Crippen molar-refractivity contribution in [2.24, 2.45) is 5.11 Å². The Balaban J connectivity index is 3.96. The van der Waals surface area contributed by atoms with Gasteiger partial charge >= 0.3 is 11.9 Å². The highest BCUT2D eigenvalue weighted by atomic mass is 16.5. The second kappa shape index (κ2) is 40.0. The molecule has 0 aliphatic rings. The smallest absolute Gasteiger partial charge is 0.306 e. The Labute approximate surface area is 310 Å². The van der Waals surface area contributed by atoms with Crippen molar-refractivity contribution in [1.29, 1.82) is 0 Å². The van der Waals surface area contributed by atoms with E-state index >= 15 is 0 Å². The van der Waals surface area contributed by atoms with Gasteiger partial charge in [-0.15, -0.1) is 0 Å². The fraction of sp³-hybridized carbons (Fsp3) is 0.953. The number of hydrogen-bond acceptors (Lipinski definition) is 5. The molecular formula is C43H83N3O4. The summed E-state index contributed by atoms with van der Waals surface area (Å²) in [7, 11) is 0. The van der Waals surface area contributed by atoms with E-state index in [0.29, 0.717) is 19.4 Å². The van der Waals surface area contributed by atoms with E-state index in [9.17, 15) is 9.59 Å². The topological polar surface area (TPSA) is 101 Å². The predicted octanol–water partition coefficient (Wildman–Crippen LogP) is 14.8. The second-order valence-electron chi connectivity index (χ2n) is 15.0. The maximum atomic E-state index is 12.7. The van der Waals surface area contributed by atoms with Gasteiger partial charge < -0.3 is 9.47 Å². The molecule has 0 amide bonds. The van der Waals surface area contributed by atoms with Gasteiger partial charge in [-0.1, -0.05) is 180 Å². The zero-order valence-corrected chi connectivity index (χ0v) is 33.6. The lowest BCUT2D eigenvalue weighted by molar-refractivity contribution is -0.150. The van der Waals surface area contributed by atoms with Gasteiger partial charge in [-0.2, -0.15) is 0 Å². The van der Waals surface area contributed by atoms with Crippen molar-refractivity contribution in [3.8, 4) is 0 Å². The molecule has 0 aliphatic heterocycles. The molecule has 0 aromatic rings. The van der Waals surface area contributed by atoms with Crippen molar-refractivity contribution in [1.82, 2.24) is 0 Å². The highest BCUT2D eigenvalue weighted by molar-refractivity contribution is 5.69. The molecule has 294 valence electrons. The fourth-order valence-electron chi connectivity index (χ4n) is 6.82. The van der Waals surface area contributed by atoms with Gasteiger partial charge in [0.25, 0.3) is 0 Å². The first-order valence-corrected chi connectivity index (χ1v) is 22.0. The predicted molar refractivity (Wildman–Crippen MR) is 212 cm³/mol. The maximum absolute atomic E-state index is 12.7. The van der Waals surface area contributed by atoms with Gasteiger partial charge in [0.2, 0.25) is 0 Å². The van der Waals surface area contributed by atoms with Gasteiger partial charge in [0, 0.05) is 23.8 Å². The maximum Gasteiger partial charge on any atom is 0.306 e. The van der Waals surface area contributed by atoms with Crippen molar-refractivity contribution in [2.75, 3.05) is 6.61 Å². The van der Waals surface area contributed by atoms with E-state index in [4.69, 9.17) is 15.0 Å². The lowest BCUT2D eigenvalue weighted by Gasteiger charge is -2.18. The van der Waals surface area contributed by atoms with Crippen LogP contribution in [0.4, 0.5) is 0 Å². The molecule has 50 heavy (non-hydrogen) atoms. The van der Waals surface area contributed by atoms with E-state index in [2.05, 4.69) is 30.8 Å². The minimum Gasteiger partial charge on any atom is -0.466 e. The van der Waals surface area contributed by atoms with E-state index < -0.39 is 0 Å². The normalized spacial score (nSPS) is 11.8. The number of esters is 2. The number of hydrogen-bond donors (Lipinski definition) is 0. The molecule has 0 rings (SSSR count). The molecule has 1 unspecified atom stereocenters. The summed E-state index contributed by atoms with van der Waals surface area (Å²) in [5.41, 5.74) is 9.04. The highest BCUT2D eigenvalue weighted by Crippen LogP contribution is 2.20. The summed E-state index contributed by atoms with van der Waals surface area (Å²) in [6, 6.07) is 0.0758. The summed E-state index contributed by atoms with van der Waals surface area (Å²) in [5.74, 6) is -0.0558. The van der Waals surface area contributed by atoms with Gasteiger partial charge in [-0.3, -0.25) is 9.59 Å². The van der Waals surface area contributed by atoms with Crippen LogP contribution in [0.15, 0.2) is 5.11 Å². The Hall–Kier alpha value is -1.75. The van der Waals surface area contributed by atoms with Crippen molar-refractivity contribution < 1.29 is 19.1 Å². The number of rotatable bonds is 40. The molecule has 0 fully saturated rings. The molecule has 0 saturated heterocycles. The Morgan fingerprint density at radius 2 is 0.840 bits per heavy atom. The number of carbonyl (C=O) groups is 2. The van der Waals surface area contributed by atoms with Crippen molar-refractivity contribution in [2.45, 2.75) is 258 Å². The molecule has 0 aliphatic carbocycles. The monoisotopic (exact) mass is 706 g/mol. The second-order valence-corrected chi connectivity index (χ2v) is 15.0. The van der Waals surface area contributed by atoms with Crippen molar-refractivity contribution in [3.63, 3.8) is 0 Å². The standard InChI is InChI=1S/C43H83N3O4/c1-4-7-10-13-16-25-32-39-49-42(47)37-30-23-17-19-26-33-40(45-46-44)34-27-20-18-24-31-38-43(48)50-41(35-28-21-14-11-8-5-2)36-29-22-15-12-9-6-3/h40-41H,4-39H2,1-3H3. The van der Waals surface area contributed by atoms with Crippen LogP contribution in [0.3, 0.4) is 0 Å². The van der Waals surface area contributed by atoms with Gasteiger partial charge in [0.15, 0.2) is 0 Å². The number of ether oxygens (including phenoxy) is 2. The van der Waals surface area contributed by atoms with Crippen molar-refractivity contribution >= 4 is 11.9 Å². The first-order valence-electron chi connectivity index (χ1n) is 22.0. The molecule has 0 saturated carbocycles. The largest absolute Gasteiger partial charge is 0.466 e. The Morgan fingerprint density at radius 1 is 0.480 bits per heavy atom. The van der Waals surface area contributed by atoms with E-state index in [-0.39, 0.29) is 24.1 Å². The van der Waals surface area contributed by atoms with Crippen LogP contribution in [0.25, 0.3) is 10.4 Å². The molecular weight excluding hydrogens is 622 g/mol. The first kappa shape index (κ1) is 48.2. The summed E-state index contributed by atoms with van der Waals surface area (Å²) in [6.45, 7) is 7.32. The minimum absolute atomic E-state index is 0.00544. The average Bonchev–Trinajstić information content (AvgIpc) is 3.11. The van der Waals surface area contributed by atoms with Crippen LogP contribution in [-0.4, -0.2) is 30.7 Å². The third-order valence-electron chi connectivity index (χ3n) is 10.1. The van der Waals surface area contributed by atoms with Crippen LogP contribution in [0.2, 0.25) is 0 Å². The summed E-state index contributed by atoms with van der Waals surface area (Å²) < 4.78 is 11.4. The quantitative estimate of drug-likeness (QED) is 0.0208. The molecule has 0 aromatic heterocycles. The van der Waals surface area contributed by atoms with E-state index in [1.807, 2.05) is 0 Å². The zero-order valence-electron chi connectivity index (χ0n) is 33.6. The van der Waals surface area contributed by atoms with Gasteiger partial charge in [-0.25, -0.2) is 0 Å². The van der Waals surface area contributed by atoms with Crippen molar-refractivity contribution in [3.05, 3.63) is 10.4 Å². The Bertz CT molecular complexity index is 770. The molecule has 0 spiro atoms. The molecule has 0 radical (unpaired) electrons. The van der Waals surface area contributed by atoms with E-state index in [0.717, 1.165) is 103 Å². The van der Waals surface area contributed by atoms with Crippen LogP contribution < -0.4 is 0 Å². The number of carbonyl (C=O) groups excluding carboxylic acids is 2. The Kier molecular flexibility index (Phi) is 38.6. The molecule has 0 aromatic carbocycles. The summed E-state index contributed by atoms with van der Waals surface area (Å²) in [4.78, 5) is 27.7. The molecule has 0 heterocycles. The zero-order chi connectivity index (χ0) is 36.6. The number of azide groups is 1. The van der Waals surface area contributed by atoms with Gasteiger partial charge in [-0.05, 0) is 63.3 Å². The first-order chi connectivity index (χ1) is 24.6. The van der Waals surface area contributed by atoms with Crippen LogP contribution in [0, 0.1) is 0 Å². The molecule has 7 nitrogen and oxygen atoms in total. The third-order valence-corrected chi connectivity index (χ3v) is 10.1. The summed E-state index contributed by atoms with van der Waals surface area (Å²) >= 11 is 0. The lowest BCUT2D eigenvalue weighted by Crippen LogP contribution is -2.18. The van der Waals surface area contributed by atoms with Gasteiger partial charge in [0.05, 0.1) is 6.61 Å². The summed E-state index contributed by atoms with van der Waals surface area (Å²) in [5, 5.41) is 4.06. The minimum atomic E-state index is -0.0504. The van der Waals surface area contributed by atoms with Crippen LogP contribution in [0.1, 0.15) is 245 Å². The van der Waals surface area contributed by atoms with Crippen LogP contribution >= 0.6 is 0 Å². The highest BCUT2D eigenvalue weighted by Gasteiger charge is 2.14. The third kappa shape index (κ3) is 36.1. The SMILES string of the molecule is CCCCCCCCCOC(=O)CCCCCCCC(CCCCCCCC(=O)OC(CCCCCCCC)CCCCCCCC)N=[N+]=[N-]. The Morgan fingerprint density at radius 3 is 1.28 bits per heavy atom. The molecule has 1 atom stereocenters. The van der Waals surface area contributed by atoms with Crippen LogP contribution in [-0.2, 0) is 19.1 Å². The molecule has 7 heteroatoms. The average molecular weight is 706 g/mol. The number of nitrogens with zero attached hydrogens (tertiary/aromatic N) is 3. The van der Waals surface area contributed by atoms with E-state index in [1.54, 1.807) is 0 Å². The van der Waals surface area contributed by atoms with E-state index in [1.165, 1.54) is 109 Å². The summed E-state index contributed by atoms with van der Waals surface area (Å²) in [6.07, 6.45) is 39.5. The fourth-order valence-corrected chi connectivity index (χ4v) is 6.82. The van der Waals surface area contributed by atoms with Crippen LogP contribution in [0.5, 0.6) is 0 Å². The molecule has 0 bridgehead atoms. The lowest BCUT2D eigenvalue weighted by atomic mass is 10.0. The van der Waals surface area contributed by atoms with Gasteiger partial charge in [0.1, 0.15) is 6.10 Å².